The molecule has 2 fully saturated rings. The maximum Gasteiger partial charge on any atom is 0.254 e. The minimum absolute atomic E-state index is 0.222. The van der Waals surface area contributed by atoms with E-state index in [0.717, 1.165) is 37.9 Å². The first-order chi connectivity index (χ1) is 10.3. The highest BCUT2D eigenvalue weighted by atomic mass is 16.2. The van der Waals surface area contributed by atoms with E-state index in [2.05, 4.69) is 28.9 Å². The highest BCUT2D eigenvalue weighted by molar-refractivity contribution is 5.94. The van der Waals surface area contributed by atoms with Gasteiger partial charge in [-0.15, -0.1) is 0 Å². The van der Waals surface area contributed by atoms with E-state index >= 15 is 0 Å². The molecular formula is C18H26N2O. The largest absolute Gasteiger partial charge is 0.334 e. The van der Waals surface area contributed by atoms with Gasteiger partial charge < -0.3 is 9.80 Å². The third-order valence-electron chi connectivity index (χ3n) is 4.91. The van der Waals surface area contributed by atoms with Crippen molar-refractivity contribution in [3.63, 3.8) is 0 Å². The summed E-state index contributed by atoms with van der Waals surface area (Å²) in [5, 5.41) is 0. The molecule has 114 valence electrons. The SMILES string of the molecule is CCc1ccc(C(=O)N2CCCC2CN2CCCC2)cc1. The molecule has 2 saturated heterocycles. The van der Waals surface area contributed by atoms with Crippen molar-refractivity contribution < 1.29 is 4.79 Å². The lowest BCUT2D eigenvalue weighted by Crippen LogP contribution is -2.42. The fraction of sp³-hybridized carbons (Fsp3) is 0.611. The van der Waals surface area contributed by atoms with Crippen molar-refractivity contribution in [2.75, 3.05) is 26.2 Å². The molecule has 0 bridgehead atoms. The lowest BCUT2D eigenvalue weighted by molar-refractivity contribution is 0.0709. The summed E-state index contributed by atoms with van der Waals surface area (Å²) in [6, 6.07) is 8.57. The number of hydrogen-bond acceptors (Lipinski definition) is 2. The summed E-state index contributed by atoms with van der Waals surface area (Å²) in [5.74, 6) is 0.222. The molecule has 0 aromatic heterocycles. The highest BCUT2D eigenvalue weighted by Crippen LogP contribution is 2.22. The van der Waals surface area contributed by atoms with Gasteiger partial charge in [-0.1, -0.05) is 19.1 Å². The number of hydrogen-bond donors (Lipinski definition) is 0. The smallest absolute Gasteiger partial charge is 0.254 e. The van der Waals surface area contributed by atoms with E-state index in [1.54, 1.807) is 0 Å². The molecule has 1 aromatic carbocycles. The van der Waals surface area contributed by atoms with E-state index in [4.69, 9.17) is 0 Å². The number of aryl methyl sites for hydroxylation is 1. The number of benzene rings is 1. The second-order valence-electron chi connectivity index (χ2n) is 6.35. The first-order valence-electron chi connectivity index (χ1n) is 8.40. The highest BCUT2D eigenvalue weighted by Gasteiger charge is 2.31. The predicted octanol–water partition coefficient (Wildman–Crippen LogP) is 2.95. The van der Waals surface area contributed by atoms with Crippen LogP contribution in [0.3, 0.4) is 0 Å². The molecule has 1 atom stereocenters. The van der Waals surface area contributed by atoms with E-state index in [0.29, 0.717) is 6.04 Å². The summed E-state index contributed by atoms with van der Waals surface area (Å²) in [4.78, 5) is 17.4. The number of carbonyl (C=O) groups excluding carboxylic acids is 1. The monoisotopic (exact) mass is 286 g/mol. The van der Waals surface area contributed by atoms with Crippen molar-refractivity contribution in [1.82, 2.24) is 9.80 Å². The van der Waals surface area contributed by atoms with Crippen LogP contribution in [0.1, 0.15) is 48.5 Å². The Labute approximate surface area is 127 Å². The van der Waals surface area contributed by atoms with Gasteiger partial charge in [0, 0.05) is 24.7 Å². The predicted molar refractivity (Wildman–Crippen MR) is 85.6 cm³/mol. The first kappa shape index (κ1) is 14.6. The number of rotatable bonds is 4. The molecule has 2 heterocycles. The summed E-state index contributed by atoms with van der Waals surface area (Å²) in [7, 11) is 0. The van der Waals surface area contributed by atoms with Gasteiger partial charge in [0.25, 0.3) is 5.91 Å². The molecule has 3 rings (SSSR count). The lowest BCUT2D eigenvalue weighted by atomic mass is 10.1. The maximum absolute atomic E-state index is 12.7. The van der Waals surface area contributed by atoms with Crippen LogP contribution in [0.4, 0.5) is 0 Å². The van der Waals surface area contributed by atoms with Gasteiger partial charge in [0.1, 0.15) is 0 Å². The van der Waals surface area contributed by atoms with Crippen molar-refractivity contribution in [3.8, 4) is 0 Å². The molecule has 0 spiro atoms. The van der Waals surface area contributed by atoms with Crippen molar-refractivity contribution >= 4 is 5.91 Å². The Kier molecular flexibility index (Phi) is 4.59. The van der Waals surface area contributed by atoms with Gasteiger partial charge in [-0.3, -0.25) is 4.79 Å². The first-order valence-corrected chi connectivity index (χ1v) is 8.40. The van der Waals surface area contributed by atoms with Crippen LogP contribution in [0.2, 0.25) is 0 Å². The van der Waals surface area contributed by atoms with Gasteiger partial charge in [-0.25, -0.2) is 0 Å². The third kappa shape index (κ3) is 3.29. The van der Waals surface area contributed by atoms with Crippen LogP contribution in [0.5, 0.6) is 0 Å². The maximum atomic E-state index is 12.7. The van der Waals surface area contributed by atoms with Crippen LogP contribution in [0, 0.1) is 0 Å². The Hall–Kier alpha value is -1.35. The minimum Gasteiger partial charge on any atom is -0.334 e. The Bertz CT molecular complexity index is 476. The third-order valence-corrected chi connectivity index (χ3v) is 4.91. The molecule has 3 heteroatoms. The summed E-state index contributed by atoms with van der Waals surface area (Å²) in [6.07, 6.45) is 5.97. The summed E-state index contributed by atoms with van der Waals surface area (Å²) >= 11 is 0. The number of likely N-dealkylation sites (tertiary alicyclic amines) is 2. The fourth-order valence-electron chi connectivity index (χ4n) is 3.60. The Balaban J connectivity index is 1.66. The molecule has 0 N–H and O–H groups in total. The van der Waals surface area contributed by atoms with Gasteiger partial charge in [-0.2, -0.15) is 0 Å². The van der Waals surface area contributed by atoms with Crippen LogP contribution in [0.25, 0.3) is 0 Å². The summed E-state index contributed by atoms with van der Waals surface area (Å²) in [6.45, 7) is 6.56. The second kappa shape index (κ2) is 6.61. The fourth-order valence-corrected chi connectivity index (χ4v) is 3.60. The van der Waals surface area contributed by atoms with Crippen LogP contribution in [-0.4, -0.2) is 47.9 Å². The van der Waals surface area contributed by atoms with Crippen molar-refractivity contribution in [1.29, 1.82) is 0 Å². The molecule has 0 saturated carbocycles. The summed E-state index contributed by atoms with van der Waals surface area (Å²) in [5.41, 5.74) is 2.14. The average Bonchev–Trinajstić information content (AvgIpc) is 3.19. The van der Waals surface area contributed by atoms with E-state index < -0.39 is 0 Å². The standard InChI is InChI=1S/C18H26N2O/c1-2-15-7-9-16(10-8-15)18(21)20-13-5-6-17(20)14-19-11-3-4-12-19/h7-10,17H,2-6,11-14H2,1H3. The zero-order valence-electron chi connectivity index (χ0n) is 13.1. The van der Waals surface area contributed by atoms with Crippen molar-refractivity contribution in [2.45, 2.75) is 45.1 Å². The van der Waals surface area contributed by atoms with Crippen LogP contribution in [-0.2, 0) is 6.42 Å². The van der Waals surface area contributed by atoms with E-state index in [-0.39, 0.29) is 5.91 Å². The van der Waals surface area contributed by atoms with E-state index in [1.165, 1.54) is 31.5 Å². The minimum atomic E-state index is 0.222. The Morgan fingerprint density at radius 2 is 1.81 bits per heavy atom. The van der Waals surface area contributed by atoms with Gasteiger partial charge in [0.05, 0.1) is 0 Å². The molecule has 2 aliphatic heterocycles. The topological polar surface area (TPSA) is 23.6 Å². The number of nitrogens with zero attached hydrogens (tertiary/aromatic N) is 2. The quantitative estimate of drug-likeness (QED) is 0.849. The van der Waals surface area contributed by atoms with E-state index in [9.17, 15) is 4.79 Å². The van der Waals surface area contributed by atoms with Gasteiger partial charge in [0.15, 0.2) is 0 Å². The molecule has 3 nitrogen and oxygen atoms in total. The lowest BCUT2D eigenvalue weighted by Gasteiger charge is -2.28. The van der Waals surface area contributed by atoms with Crippen LogP contribution >= 0.6 is 0 Å². The van der Waals surface area contributed by atoms with Crippen molar-refractivity contribution in [2.24, 2.45) is 0 Å². The zero-order valence-corrected chi connectivity index (χ0v) is 13.1. The van der Waals surface area contributed by atoms with Gasteiger partial charge in [0.2, 0.25) is 0 Å². The van der Waals surface area contributed by atoms with Crippen molar-refractivity contribution in [3.05, 3.63) is 35.4 Å². The molecule has 1 unspecified atom stereocenters. The van der Waals surface area contributed by atoms with Crippen LogP contribution < -0.4 is 0 Å². The van der Waals surface area contributed by atoms with Gasteiger partial charge >= 0.3 is 0 Å². The van der Waals surface area contributed by atoms with Crippen LogP contribution in [0.15, 0.2) is 24.3 Å². The molecule has 2 aliphatic rings. The Morgan fingerprint density at radius 3 is 2.48 bits per heavy atom. The normalized spacial score (nSPS) is 22.9. The molecular weight excluding hydrogens is 260 g/mol. The number of amides is 1. The summed E-state index contributed by atoms with van der Waals surface area (Å²) < 4.78 is 0. The second-order valence-corrected chi connectivity index (χ2v) is 6.35. The molecule has 1 aromatic rings. The molecule has 21 heavy (non-hydrogen) atoms. The Morgan fingerprint density at radius 1 is 1.10 bits per heavy atom. The van der Waals surface area contributed by atoms with Gasteiger partial charge in [-0.05, 0) is 62.9 Å². The zero-order chi connectivity index (χ0) is 14.7. The van der Waals surface area contributed by atoms with E-state index in [1.807, 2.05) is 12.1 Å². The number of carbonyl (C=O) groups is 1. The molecule has 1 amide bonds. The molecule has 0 radical (unpaired) electrons. The average molecular weight is 286 g/mol. The molecule has 0 aliphatic carbocycles.